The first-order valence-corrected chi connectivity index (χ1v) is 8.75. The van der Waals surface area contributed by atoms with Crippen LogP contribution >= 0.6 is 0 Å². The highest BCUT2D eigenvalue weighted by atomic mass is 16.5. The van der Waals surface area contributed by atoms with E-state index in [1.54, 1.807) is 25.3 Å². The molecule has 3 aromatic rings. The molecule has 3 rings (SSSR count). The quantitative estimate of drug-likeness (QED) is 0.728. The standard InChI is InChI=1S/C20H22N4O4/c1-20(2,3)22-16(25)12-24-11-14(7-10-17(24)26)19-21-18(23-28-19)13-5-8-15(27-4)9-6-13/h5-11H,12H2,1-4H3,(H,22,25). The first kappa shape index (κ1) is 19.3. The third kappa shape index (κ3) is 4.64. The number of carbonyl (C=O) groups excluding carboxylic acids is 1. The molecule has 0 unspecified atom stereocenters. The molecule has 0 spiro atoms. The number of aromatic nitrogens is 3. The van der Waals surface area contributed by atoms with Gasteiger partial charge in [0.25, 0.3) is 11.4 Å². The number of hydrogen-bond donors (Lipinski definition) is 1. The van der Waals surface area contributed by atoms with E-state index in [9.17, 15) is 9.59 Å². The zero-order valence-electron chi connectivity index (χ0n) is 16.2. The second-order valence-electron chi connectivity index (χ2n) is 7.33. The zero-order valence-corrected chi connectivity index (χ0v) is 16.2. The second-order valence-corrected chi connectivity index (χ2v) is 7.33. The number of hydrogen-bond acceptors (Lipinski definition) is 6. The fourth-order valence-corrected chi connectivity index (χ4v) is 2.59. The topological polar surface area (TPSA) is 99.3 Å². The van der Waals surface area contributed by atoms with Crippen molar-refractivity contribution in [1.82, 2.24) is 20.0 Å². The van der Waals surface area contributed by atoms with Crippen molar-refractivity contribution in [3.05, 3.63) is 52.9 Å². The van der Waals surface area contributed by atoms with E-state index in [-0.39, 0.29) is 29.4 Å². The van der Waals surface area contributed by atoms with Crippen LogP contribution in [0.4, 0.5) is 0 Å². The minimum Gasteiger partial charge on any atom is -0.497 e. The Kier molecular flexibility index (Phi) is 5.30. The van der Waals surface area contributed by atoms with Crippen molar-refractivity contribution in [3.8, 4) is 28.6 Å². The van der Waals surface area contributed by atoms with E-state index in [4.69, 9.17) is 9.26 Å². The first-order chi connectivity index (χ1) is 13.2. The Morgan fingerprint density at radius 2 is 1.82 bits per heavy atom. The average molecular weight is 382 g/mol. The molecule has 0 fully saturated rings. The van der Waals surface area contributed by atoms with Crippen LogP contribution in [0.3, 0.4) is 0 Å². The number of amides is 1. The number of benzene rings is 1. The molecule has 1 aromatic carbocycles. The van der Waals surface area contributed by atoms with Crippen molar-refractivity contribution in [2.45, 2.75) is 32.9 Å². The zero-order chi connectivity index (χ0) is 20.3. The van der Waals surface area contributed by atoms with Gasteiger partial charge in [-0.25, -0.2) is 0 Å². The molecule has 0 aliphatic carbocycles. The summed E-state index contributed by atoms with van der Waals surface area (Å²) in [5, 5.41) is 6.81. The highest BCUT2D eigenvalue weighted by Crippen LogP contribution is 2.23. The molecule has 0 saturated heterocycles. The molecule has 0 radical (unpaired) electrons. The van der Waals surface area contributed by atoms with Crippen LogP contribution in [0.5, 0.6) is 5.75 Å². The van der Waals surface area contributed by atoms with Crippen LogP contribution in [0, 0.1) is 0 Å². The molecular formula is C20H22N4O4. The molecular weight excluding hydrogens is 360 g/mol. The molecule has 8 nitrogen and oxygen atoms in total. The smallest absolute Gasteiger partial charge is 0.259 e. The third-order valence-electron chi connectivity index (χ3n) is 3.83. The van der Waals surface area contributed by atoms with E-state index in [0.717, 1.165) is 11.3 Å². The molecule has 2 heterocycles. The van der Waals surface area contributed by atoms with Crippen LogP contribution in [0.2, 0.25) is 0 Å². The minimum absolute atomic E-state index is 0.0938. The van der Waals surface area contributed by atoms with Crippen molar-refractivity contribution < 1.29 is 14.1 Å². The Morgan fingerprint density at radius 3 is 2.46 bits per heavy atom. The molecule has 1 N–H and O–H groups in total. The van der Waals surface area contributed by atoms with E-state index >= 15 is 0 Å². The maximum absolute atomic E-state index is 12.1. The molecule has 1 amide bonds. The predicted octanol–water partition coefficient (Wildman–Crippen LogP) is 2.49. The van der Waals surface area contributed by atoms with Gasteiger partial charge < -0.3 is 19.1 Å². The van der Waals surface area contributed by atoms with Crippen molar-refractivity contribution in [1.29, 1.82) is 0 Å². The van der Waals surface area contributed by atoms with Gasteiger partial charge in [0, 0.05) is 23.4 Å². The number of carbonyl (C=O) groups is 1. The van der Waals surface area contributed by atoms with E-state index in [1.807, 2.05) is 32.9 Å². The average Bonchev–Trinajstić information content (AvgIpc) is 3.12. The van der Waals surface area contributed by atoms with Crippen molar-refractivity contribution >= 4 is 5.91 Å². The molecule has 0 bridgehead atoms. The highest BCUT2D eigenvalue weighted by Gasteiger charge is 2.16. The Balaban J connectivity index is 1.83. The maximum atomic E-state index is 12.1. The first-order valence-electron chi connectivity index (χ1n) is 8.75. The van der Waals surface area contributed by atoms with Gasteiger partial charge in [-0.1, -0.05) is 5.16 Å². The van der Waals surface area contributed by atoms with Gasteiger partial charge in [0.15, 0.2) is 0 Å². The van der Waals surface area contributed by atoms with E-state index < -0.39 is 0 Å². The molecule has 28 heavy (non-hydrogen) atoms. The van der Waals surface area contributed by atoms with Gasteiger partial charge in [0.2, 0.25) is 11.7 Å². The number of pyridine rings is 1. The van der Waals surface area contributed by atoms with Crippen molar-refractivity contribution in [2.75, 3.05) is 7.11 Å². The number of nitrogens with zero attached hydrogens (tertiary/aromatic N) is 3. The molecule has 2 aromatic heterocycles. The lowest BCUT2D eigenvalue weighted by Gasteiger charge is -2.20. The van der Waals surface area contributed by atoms with Crippen LogP contribution in [0.1, 0.15) is 20.8 Å². The van der Waals surface area contributed by atoms with E-state index in [0.29, 0.717) is 11.4 Å². The van der Waals surface area contributed by atoms with Crippen molar-refractivity contribution in [2.24, 2.45) is 0 Å². The van der Waals surface area contributed by atoms with Crippen LogP contribution in [-0.4, -0.2) is 33.3 Å². The molecule has 0 saturated carbocycles. The summed E-state index contributed by atoms with van der Waals surface area (Å²) >= 11 is 0. The SMILES string of the molecule is COc1ccc(-c2noc(-c3ccc(=O)n(CC(=O)NC(C)(C)C)c3)n2)cc1. The summed E-state index contributed by atoms with van der Waals surface area (Å²) in [6.45, 7) is 5.54. The normalized spacial score (nSPS) is 11.3. The highest BCUT2D eigenvalue weighted by molar-refractivity contribution is 5.76. The third-order valence-corrected chi connectivity index (χ3v) is 3.83. The Bertz CT molecular complexity index is 1030. The van der Waals surface area contributed by atoms with Gasteiger partial charge in [-0.3, -0.25) is 9.59 Å². The van der Waals surface area contributed by atoms with Crippen LogP contribution in [0.15, 0.2) is 51.9 Å². The van der Waals surface area contributed by atoms with Gasteiger partial charge in [0.05, 0.1) is 12.7 Å². The van der Waals surface area contributed by atoms with Gasteiger partial charge >= 0.3 is 0 Å². The van der Waals surface area contributed by atoms with Gasteiger partial charge in [0.1, 0.15) is 12.3 Å². The predicted molar refractivity (Wildman–Crippen MR) is 104 cm³/mol. The monoisotopic (exact) mass is 382 g/mol. The molecule has 0 atom stereocenters. The minimum atomic E-state index is -0.377. The fraction of sp³-hybridized carbons (Fsp3) is 0.300. The number of ether oxygens (including phenoxy) is 1. The summed E-state index contributed by atoms with van der Waals surface area (Å²) in [6.07, 6.45) is 1.54. The molecule has 8 heteroatoms. The second kappa shape index (κ2) is 7.67. The fourth-order valence-electron chi connectivity index (χ4n) is 2.59. The molecule has 146 valence electrons. The Hall–Kier alpha value is -3.42. The summed E-state index contributed by atoms with van der Waals surface area (Å²) in [7, 11) is 1.60. The Labute approximate surface area is 162 Å². The maximum Gasteiger partial charge on any atom is 0.259 e. The summed E-state index contributed by atoms with van der Waals surface area (Å²) in [5.41, 5.74) is 0.657. The van der Waals surface area contributed by atoms with Gasteiger partial charge in [-0.15, -0.1) is 0 Å². The van der Waals surface area contributed by atoms with Crippen LogP contribution in [-0.2, 0) is 11.3 Å². The lowest BCUT2D eigenvalue weighted by molar-refractivity contribution is -0.123. The number of nitrogens with one attached hydrogen (secondary N) is 1. The largest absolute Gasteiger partial charge is 0.497 e. The Morgan fingerprint density at radius 1 is 1.14 bits per heavy atom. The summed E-state index contributed by atoms with van der Waals surface area (Å²) in [5.74, 6) is 1.15. The number of rotatable bonds is 5. The number of methoxy groups -OCH3 is 1. The van der Waals surface area contributed by atoms with Crippen LogP contribution < -0.4 is 15.6 Å². The lowest BCUT2D eigenvalue weighted by atomic mass is 10.1. The van der Waals surface area contributed by atoms with E-state index in [1.165, 1.54) is 16.8 Å². The lowest BCUT2D eigenvalue weighted by Crippen LogP contribution is -2.43. The van der Waals surface area contributed by atoms with Gasteiger partial charge in [-0.2, -0.15) is 4.98 Å². The summed E-state index contributed by atoms with van der Waals surface area (Å²) in [4.78, 5) is 28.6. The van der Waals surface area contributed by atoms with Crippen molar-refractivity contribution in [3.63, 3.8) is 0 Å². The molecule has 0 aliphatic rings. The molecule has 0 aliphatic heterocycles. The van der Waals surface area contributed by atoms with Gasteiger partial charge in [-0.05, 0) is 51.1 Å². The summed E-state index contributed by atoms with van der Waals surface area (Å²) < 4.78 is 11.8. The summed E-state index contributed by atoms with van der Waals surface area (Å²) in [6, 6.07) is 10.2. The van der Waals surface area contributed by atoms with E-state index in [2.05, 4.69) is 15.5 Å². The van der Waals surface area contributed by atoms with Crippen LogP contribution in [0.25, 0.3) is 22.8 Å².